The Kier molecular flexibility index (Phi) is 5.15. The van der Waals surface area contributed by atoms with E-state index in [0.717, 1.165) is 23.4 Å². The zero-order valence-corrected chi connectivity index (χ0v) is 15.2. The Balaban J connectivity index is 2.32. The largest absolute Gasteiger partial charge is 0.479 e. The Hall–Kier alpha value is -1.73. The topological polar surface area (TPSA) is 93.0 Å². The van der Waals surface area contributed by atoms with Gasteiger partial charge in [0, 0.05) is 11.1 Å². The van der Waals surface area contributed by atoms with E-state index in [1.54, 1.807) is 6.07 Å². The summed E-state index contributed by atoms with van der Waals surface area (Å²) < 4.78 is 29.9. The van der Waals surface area contributed by atoms with Gasteiger partial charge in [0.15, 0.2) is 6.10 Å². The summed E-state index contributed by atoms with van der Waals surface area (Å²) in [6.07, 6.45) is 0.131. The number of unbranched alkanes of at least 4 members (excludes halogenated alkanes) is 1. The van der Waals surface area contributed by atoms with Crippen molar-refractivity contribution in [2.24, 2.45) is 4.99 Å². The van der Waals surface area contributed by atoms with E-state index in [0.29, 0.717) is 6.42 Å². The molecule has 1 aliphatic heterocycles. The first-order valence-electron chi connectivity index (χ1n) is 7.96. The quantitative estimate of drug-likeness (QED) is 0.758. The van der Waals surface area contributed by atoms with Crippen molar-refractivity contribution in [3.63, 3.8) is 0 Å². The predicted molar refractivity (Wildman–Crippen MR) is 91.5 cm³/mol. The minimum atomic E-state index is -4.16. The molecule has 0 spiro atoms. The van der Waals surface area contributed by atoms with Gasteiger partial charge in [0.05, 0.1) is 10.6 Å². The number of hydrogen-bond donors (Lipinski definition) is 1. The molecule has 1 aromatic carbocycles. The first kappa shape index (κ1) is 18.6. The highest BCUT2D eigenvalue weighted by Crippen LogP contribution is 2.41. The van der Waals surface area contributed by atoms with Gasteiger partial charge in [-0.1, -0.05) is 33.6 Å². The molecule has 1 heterocycles. The zero-order valence-electron chi connectivity index (χ0n) is 14.4. The van der Waals surface area contributed by atoms with E-state index in [9.17, 15) is 18.3 Å². The molecule has 132 valence electrons. The van der Waals surface area contributed by atoms with E-state index in [1.807, 2.05) is 27.7 Å². The fourth-order valence-electron chi connectivity index (χ4n) is 2.59. The van der Waals surface area contributed by atoms with Crippen molar-refractivity contribution in [3.05, 3.63) is 23.8 Å². The third-order valence-corrected chi connectivity index (χ3v) is 5.78. The summed E-state index contributed by atoms with van der Waals surface area (Å²) in [4.78, 5) is 15.6. The standard InChI is InChI=1S/C17H23NO5S/c1-5-6-7-15(16(19)20)23-24(21,22)12-8-9-14-13(10-12)17(3,4)11(2)18-14/h8-10,15H,5-7H2,1-4H3,(H,19,20). The zero-order chi connectivity index (χ0) is 18.1. The van der Waals surface area contributed by atoms with Gasteiger partial charge in [-0.2, -0.15) is 8.42 Å². The summed E-state index contributed by atoms with van der Waals surface area (Å²) >= 11 is 0. The summed E-state index contributed by atoms with van der Waals surface area (Å²) in [5.74, 6) is -1.27. The van der Waals surface area contributed by atoms with Crippen LogP contribution in [0.3, 0.4) is 0 Å². The second-order valence-electron chi connectivity index (χ2n) is 6.52. The van der Waals surface area contributed by atoms with Crippen molar-refractivity contribution in [2.45, 2.75) is 63.4 Å². The number of benzene rings is 1. The normalized spacial score (nSPS) is 17.2. The van der Waals surface area contributed by atoms with Gasteiger partial charge < -0.3 is 5.11 Å². The van der Waals surface area contributed by atoms with Gasteiger partial charge in [-0.05, 0) is 37.1 Å². The van der Waals surface area contributed by atoms with Crippen molar-refractivity contribution >= 4 is 27.5 Å². The maximum Gasteiger partial charge on any atom is 0.334 e. The SMILES string of the molecule is CCCCC(OS(=O)(=O)c1ccc2c(c1)C(C)(C)C(C)=N2)C(=O)O. The summed E-state index contributed by atoms with van der Waals surface area (Å²) in [6, 6.07) is 4.57. The molecular weight excluding hydrogens is 330 g/mol. The number of carbonyl (C=O) groups is 1. The predicted octanol–water partition coefficient (Wildman–Crippen LogP) is 3.42. The third kappa shape index (κ3) is 3.52. The van der Waals surface area contributed by atoms with E-state index in [2.05, 4.69) is 4.99 Å². The van der Waals surface area contributed by atoms with Gasteiger partial charge in [0.2, 0.25) is 0 Å². The van der Waals surface area contributed by atoms with E-state index < -0.39 is 22.2 Å². The molecule has 1 atom stereocenters. The van der Waals surface area contributed by atoms with Crippen LogP contribution < -0.4 is 0 Å². The van der Waals surface area contributed by atoms with Crippen LogP contribution in [0.25, 0.3) is 0 Å². The average molecular weight is 353 g/mol. The highest BCUT2D eigenvalue weighted by Gasteiger charge is 2.34. The molecule has 1 aliphatic rings. The molecule has 0 aliphatic carbocycles. The van der Waals surface area contributed by atoms with Crippen molar-refractivity contribution in [1.29, 1.82) is 0 Å². The minimum absolute atomic E-state index is 0.0398. The second kappa shape index (κ2) is 6.64. The maximum absolute atomic E-state index is 12.5. The first-order valence-corrected chi connectivity index (χ1v) is 9.37. The Morgan fingerprint density at radius 3 is 2.62 bits per heavy atom. The molecule has 0 fully saturated rings. The van der Waals surface area contributed by atoms with Crippen LogP contribution in [0.2, 0.25) is 0 Å². The molecule has 0 saturated heterocycles. The lowest BCUT2D eigenvalue weighted by Crippen LogP contribution is -2.27. The Morgan fingerprint density at radius 1 is 1.38 bits per heavy atom. The molecule has 0 amide bonds. The summed E-state index contributed by atoms with van der Waals surface area (Å²) in [7, 11) is -4.16. The van der Waals surface area contributed by atoms with Gasteiger partial charge >= 0.3 is 5.97 Å². The number of aliphatic imine (C=N–C) groups is 1. The first-order chi connectivity index (χ1) is 11.1. The molecule has 6 nitrogen and oxygen atoms in total. The third-order valence-electron chi connectivity index (χ3n) is 4.46. The Labute approximate surface area is 142 Å². The number of carboxylic acids is 1. The van der Waals surface area contributed by atoms with Crippen molar-refractivity contribution in [2.75, 3.05) is 0 Å². The van der Waals surface area contributed by atoms with Crippen molar-refractivity contribution < 1.29 is 22.5 Å². The van der Waals surface area contributed by atoms with E-state index in [1.165, 1.54) is 12.1 Å². The van der Waals surface area contributed by atoms with Crippen LogP contribution in [0, 0.1) is 0 Å². The van der Waals surface area contributed by atoms with Crippen LogP contribution in [0.4, 0.5) is 5.69 Å². The number of fused-ring (bicyclic) bond motifs is 1. The average Bonchev–Trinajstić information content (AvgIpc) is 2.73. The van der Waals surface area contributed by atoms with Gasteiger partial charge in [0.1, 0.15) is 0 Å². The molecule has 0 radical (unpaired) electrons. The molecule has 0 aromatic heterocycles. The maximum atomic E-state index is 12.5. The fourth-order valence-corrected chi connectivity index (χ4v) is 3.69. The Morgan fingerprint density at radius 2 is 2.04 bits per heavy atom. The van der Waals surface area contributed by atoms with Gasteiger partial charge in [-0.3, -0.25) is 9.18 Å². The summed E-state index contributed by atoms with van der Waals surface area (Å²) in [5, 5.41) is 9.18. The fraction of sp³-hybridized carbons (Fsp3) is 0.529. The molecule has 24 heavy (non-hydrogen) atoms. The summed E-state index contributed by atoms with van der Waals surface area (Å²) in [5.41, 5.74) is 2.07. The molecular formula is C17H23NO5S. The van der Waals surface area contributed by atoms with Crippen LogP contribution >= 0.6 is 0 Å². The number of carboxylic acid groups (broad SMARTS) is 1. The second-order valence-corrected chi connectivity index (χ2v) is 8.09. The number of nitrogens with zero attached hydrogens (tertiary/aromatic N) is 1. The van der Waals surface area contributed by atoms with E-state index in [4.69, 9.17) is 4.18 Å². The highest BCUT2D eigenvalue weighted by atomic mass is 32.2. The van der Waals surface area contributed by atoms with Crippen molar-refractivity contribution in [3.8, 4) is 0 Å². The van der Waals surface area contributed by atoms with Gasteiger partial charge in [-0.25, -0.2) is 4.79 Å². The lowest BCUT2D eigenvalue weighted by Gasteiger charge is -2.20. The van der Waals surface area contributed by atoms with Crippen LogP contribution in [0.5, 0.6) is 0 Å². The number of rotatable bonds is 7. The van der Waals surface area contributed by atoms with Crippen LogP contribution in [-0.4, -0.2) is 31.3 Å². The molecule has 2 rings (SSSR count). The van der Waals surface area contributed by atoms with E-state index >= 15 is 0 Å². The molecule has 1 aromatic rings. The molecule has 0 saturated carbocycles. The molecule has 7 heteroatoms. The molecule has 1 N–H and O–H groups in total. The van der Waals surface area contributed by atoms with Crippen molar-refractivity contribution in [1.82, 2.24) is 0 Å². The lowest BCUT2D eigenvalue weighted by atomic mass is 9.82. The Bertz CT molecular complexity index is 780. The number of aliphatic carboxylic acids is 1. The molecule has 1 unspecified atom stereocenters. The van der Waals surface area contributed by atoms with Gasteiger partial charge in [0.25, 0.3) is 10.1 Å². The van der Waals surface area contributed by atoms with Gasteiger partial charge in [-0.15, -0.1) is 0 Å². The van der Waals surface area contributed by atoms with Crippen LogP contribution in [-0.2, 0) is 24.5 Å². The van der Waals surface area contributed by atoms with Crippen LogP contribution in [0.15, 0.2) is 28.1 Å². The molecule has 0 bridgehead atoms. The minimum Gasteiger partial charge on any atom is -0.479 e. The van der Waals surface area contributed by atoms with E-state index in [-0.39, 0.29) is 16.7 Å². The number of hydrogen-bond acceptors (Lipinski definition) is 5. The summed E-state index contributed by atoms with van der Waals surface area (Å²) in [6.45, 7) is 7.74. The monoisotopic (exact) mass is 353 g/mol. The highest BCUT2D eigenvalue weighted by molar-refractivity contribution is 7.86. The lowest BCUT2D eigenvalue weighted by molar-refractivity contribution is -0.145. The smallest absolute Gasteiger partial charge is 0.334 e. The van der Waals surface area contributed by atoms with Crippen LogP contribution in [0.1, 0.15) is 52.5 Å².